The van der Waals surface area contributed by atoms with E-state index in [4.69, 9.17) is 4.74 Å². The van der Waals surface area contributed by atoms with Crippen molar-refractivity contribution in [3.05, 3.63) is 65.2 Å². The molecular weight excluding hydrogens is 378 g/mol. The third-order valence-electron chi connectivity index (χ3n) is 4.85. The number of hydrogen-bond acceptors (Lipinski definition) is 5. The Bertz CT molecular complexity index is 784. The van der Waals surface area contributed by atoms with Gasteiger partial charge >= 0.3 is 5.97 Å². The molecule has 0 aliphatic carbocycles. The van der Waals surface area contributed by atoms with Gasteiger partial charge < -0.3 is 14.7 Å². The van der Waals surface area contributed by atoms with Crippen LogP contribution in [-0.2, 0) is 4.74 Å². The first kappa shape index (κ1) is 25.4. The molecule has 0 amide bonds. The molecule has 0 bridgehead atoms. The zero-order valence-corrected chi connectivity index (χ0v) is 18.7. The molecule has 0 radical (unpaired) electrons. The molecule has 2 aromatic rings. The number of hydrogen-bond donors (Lipinski definition) is 1. The number of unbranched alkanes of at least 4 members (excludes halogenated alkanes) is 3. The summed E-state index contributed by atoms with van der Waals surface area (Å²) in [7, 11) is 2.11. The molecule has 0 heterocycles. The van der Waals surface area contributed by atoms with Crippen LogP contribution >= 0.6 is 0 Å². The van der Waals surface area contributed by atoms with Crippen molar-refractivity contribution in [1.82, 2.24) is 4.90 Å². The summed E-state index contributed by atoms with van der Waals surface area (Å²) in [6, 6.07) is 12.8. The highest BCUT2D eigenvalue weighted by atomic mass is 16.5. The van der Waals surface area contributed by atoms with Crippen LogP contribution < -0.4 is 0 Å². The van der Waals surface area contributed by atoms with Gasteiger partial charge in [0.1, 0.15) is 5.75 Å². The molecule has 0 atom stereocenters. The summed E-state index contributed by atoms with van der Waals surface area (Å²) in [5.74, 6) is -1.01. The van der Waals surface area contributed by atoms with E-state index in [1.54, 1.807) is 36.4 Å². The summed E-state index contributed by atoms with van der Waals surface area (Å²) in [5, 5.41) is 9.86. The second-order valence-electron chi connectivity index (χ2n) is 7.08. The Morgan fingerprint density at radius 2 is 1.40 bits per heavy atom. The van der Waals surface area contributed by atoms with Crippen molar-refractivity contribution >= 4 is 11.8 Å². The molecule has 0 aromatic heterocycles. The van der Waals surface area contributed by atoms with Crippen LogP contribution in [0.3, 0.4) is 0 Å². The van der Waals surface area contributed by atoms with Crippen molar-refractivity contribution in [3.8, 4) is 5.75 Å². The molecule has 2 aromatic carbocycles. The van der Waals surface area contributed by atoms with Crippen LogP contribution in [0, 0.1) is 0 Å². The molecule has 2 rings (SSSR count). The van der Waals surface area contributed by atoms with Crippen molar-refractivity contribution in [2.75, 3.05) is 26.7 Å². The van der Waals surface area contributed by atoms with Crippen molar-refractivity contribution in [2.45, 2.75) is 46.5 Å². The minimum Gasteiger partial charge on any atom is -0.507 e. The predicted octanol–water partition coefficient (Wildman–Crippen LogP) is 5.32. The zero-order valence-electron chi connectivity index (χ0n) is 18.7. The highest BCUT2D eigenvalue weighted by molar-refractivity contribution is 6.15. The standard InChI is InChI=1S/C20H22O4.C5H13N/c1-2-3-4-9-14-24-20(23)16-11-6-5-10-15(16)19(22)17-12-7-8-13-18(17)21;1-4-6(3)5-2/h5-8,10-13,21H,2-4,9,14H2,1H3;4-5H2,1-3H3. The Morgan fingerprint density at radius 3 is 1.93 bits per heavy atom. The number of rotatable bonds is 10. The lowest BCUT2D eigenvalue weighted by Crippen LogP contribution is -2.15. The van der Waals surface area contributed by atoms with Gasteiger partial charge in [0.15, 0.2) is 5.78 Å². The molecule has 30 heavy (non-hydrogen) atoms. The van der Waals surface area contributed by atoms with Gasteiger partial charge in [0, 0.05) is 5.56 Å². The molecule has 0 aliphatic rings. The summed E-state index contributed by atoms with van der Waals surface area (Å²) < 4.78 is 5.28. The smallest absolute Gasteiger partial charge is 0.338 e. The SMILES string of the molecule is CCCCCCOC(=O)c1ccccc1C(=O)c1ccccc1O.CCN(C)CC. The molecule has 5 heteroatoms. The maximum Gasteiger partial charge on any atom is 0.338 e. The number of esters is 1. The van der Waals surface area contributed by atoms with E-state index >= 15 is 0 Å². The number of ether oxygens (including phenoxy) is 1. The molecule has 1 N–H and O–H groups in total. The lowest BCUT2D eigenvalue weighted by Gasteiger charge is -2.10. The first-order valence-corrected chi connectivity index (χ1v) is 10.7. The molecule has 0 spiro atoms. The lowest BCUT2D eigenvalue weighted by molar-refractivity contribution is 0.0495. The molecule has 164 valence electrons. The minimum atomic E-state index is -0.508. The van der Waals surface area contributed by atoms with Crippen molar-refractivity contribution in [3.63, 3.8) is 0 Å². The van der Waals surface area contributed by atoms with Gasteiger partial charge in [0.25, 0.3) is 0 Å². The van der Waals surface area contributed by atoms with Gasteiger partial charge in [-0.1, -0.05) is 70.4 Å². The summed E-state index contributed by atoms with van der Waals surface area (Å²) in [6.45, 7) is 9.10. The fraction of sp³-hybridized carbons (Fsp3) is 0.440. The third-order valence-corrected chi connectivity index (χ3v) is 4.85. The Balaban J connectivity index is 0.000000656. The first-order chi connectivity index (χ1) is 14.5. The van der Waals surface area contributed by atoms with Gasteiger partial charge in [-0.3, -0.25) is 4.79 Å². The van der Waals surface area contributed by atoms with Crippen LogP contribution in [0.4, 0.5) is 0 Å². The van der Waals surface area contributed by atoms with Crippen molar-refractivity contribution < 1.29 is 19.4 Å². The van der Waals surface area contributed by atoms with Crippen LogP contribution in [0.2, 0.25) is 0 Å². The van der Waals surface area contributed by atoms with Gasteiger partial charge in [-0.05, 0) is 44.8 Å². The number of carbonyl (C=O) groups excluding carboxylic acids is 2. The zero-order chi connectivity index (χ0) is 22.4. The predicted molar refractivity (Wildman–Crippen MR) is 121 cm³/mol. The molecule has 0 saturated carbocycles. The van der Waals surface area contributed by atoms with Gasteiger partial charge in [-0.25, -0.2) is 4.79 Å². The Labute approximate surface area is 180 Å². The van der Waals surface area contributed by atoms with Gasteiger partial charge in [-0.2, -0.15) is 0 Å². The quantitative estimate of drug-likeness (QED) is 0.324. The Hall–Kier alpha value is -2.66. The maximum absolute atomic E-state index is 12.6. The fourth-order valence-corrected chi connectivity index (χ4v) is 2.66. The Kier molecular flexibility index (Phi) is 12.1. The summed E-state index contributed by atoms with van der Waals surface area (Å²) >= 11 is 0. The topological polar surface area (TPSA) is 66.8 Å². The molecular formula is C25H35NO4. The van der Waals surface area contributed by atoms with E-state index in [0.717, 1.165) is 38.8 Å². The number of ketones is 1. The number of nitrogens with zero attached hydrogens (tertiary/aromatic N) is 1. The largest absolute Gasteiger partial charge is 0.507 e. The third kappa shape index (κ3) is 8.37. The van der Waals surface area contributed by atoms with Crippen molar-refractivity contribution in [1.29, 1.82) is 0 Å². The monoisotopic (exact) mass is 413 g/mol. The van der Waals surface area contributed by atoms with Gasteiger partial charge in [0.2, 0.25) is 0 Å². The number of aromatic hydroxyl groups is 1. The number of phenols is 1. The van der Waals surface area contributed by atoms with Crippen LogP contribution in [-0.4, -0.2) is 48.5 Å². The highest BCUT2D eigenvalue weighted by Crippen LogP contribution is 2.22. The van der Waals surface area contributed by atoms with E-state index in [-0.39, 0.29) is 22.4 Å². The maximum atomic E-state index is 12.6. The van der Waals surface area contributed by atoms with Crippen LogP contribution in [0.25, 0.3) is 0 Å². The second-order valence-corrected chi connectivity index (χ2v) is 7.08. The van der Waals surface area contributed by atoms with Gasteiger partial charge in [-0.15, -0.1) is 0 Å². The number of benzene rings is 2. The van der Waals surface area contributed by atoms with E-state index in [1.807, 2.05) is 0 Å². The molecule has 0 unspecified atom stereocenters. The minimum absolute atomic E-state index is 0.106. The average molecular weight is 414 g/mol. The van der Waals surface area contributed by atoms with Crippen LogP contribution in [0.5, 0.6) is 5.75 Å². The highest BCUT2D eigenvalue weighted by Gasteiger charge is 2.20. The lowest BCUT2D eigenvalue weighted by atomic mass is 9.98. The van der Waals surface area contributed by atoms with Crippen LogP contribution in [0.15, 0.2) is 48.5 Å². The number of phenolic OH excluding ortho intramolecular Hbond substituents is 1. The van der Waals surface area contributed by atoms with Crippen LogP contribution in [0.1, 0.15) is 72.7 Å². The number of para-hydroxylation sites is 1. The number of carbonyl (C=O) groups is 2. The second kappa shape index (κ2) is 14.3. The van der Waals surface area contributed by atoms with E-state index in [1.165, 1.54) is 12.1 Å². The molecule has 0 fully saturated rings. The molecule has 0 aliphatic heterocycles. The van der Waals surface area contributed by atoms with Gasteiger partial charge in [0.05, 0.1) is 17.7 Å². The van der Waals surface area contributed by atoms with E-state index in [9.17, 15) is 14.7 Å². The summed E-state index contributed by atoms with van der Waals surface area (Å²) in [4.78, 5) is 27.2. The van der Waals surface area contributed by atoms with Crippen molar-refractivity contribution in [2.24, 2.45) is 0 Å². The normalized spacial score (nSPS) is 10.3. The van der Waals surface area contributed by atoms with E-state index < -0.39 is 11.8 Å². The first-order valence-electron chi connectivity index (χ1n) is 10.7. The molecule has 0 saturated heterocycles. The molecule has 5 nitrogen and oxygen atoms in total. The summed E-state index contributed by atoms with van der Waals surface area (Å²) in [6.07, 6.45) is 4.06. The summed E-state index contributed by atoms with van der Waals surface area (Å²) in [5.41, 5.74) is 0.625. The average Bonchev–Trinajstić information content (AvgIpc) is 2.78. The van der Waals surface area contributed by atoms with E-state index in [0.29, 0.717) is 6.61 Å². The Morgan fingerprint density at radius 1 is 0.833 bits per heavy atom. The fourth-order valence-electron chi connectivity index (χ4n) is 2.66. The van der Waals surface area contributed by atoms with E-state index in [2.05, 4.69) is 32.7 Å².